The third kappa shape index (κ3) is 2.42. The smallest absolute Gasteiger partial charge is 0.226 e. The van der Waals surface area contributed by atoms with Gasteiger partial charge < -0.3 is 14.9 Å². The third-order valence-corrected chi connectivity index (χ3v) is 4.18. The van der Waals surface area contributed by atoms with E-state index < -0.39 is 11.2 Å². The van der Waals surface area contributed by atoms with Gasteiger partial charge in [-0.05, 0) is 23.3 Å². The van der Waals surface area contributed by atoms with Crippen LogP contribution in [0.5, 0.6) is 0 Å². The Hall–Kier alpha value is -1.14. The first-order valence-corrected chi connectivity index (χ1v) is 6.90. The van der Waals surface area contributed by atoms with Crippen LogP contribution in [0.25, 0.3) is 5.57 Å². The van der Waals surface area contributed by atoms with E-state index in [1.54, 1.807) is 18.2 Å². The number of halogens is 2. The first kappa shape index (κ1) is 15.3. The van der Waals surface area contributed by atoms with Crippen molar-refractivity contribution in [2.45, 2.75) is 11.2 Å². The second-order valence-electron chi connectivity index (χ2n) is 4.26. The molecular weight excluding hydrogens is 348 g/mol. The van der Waals surface area contributed by atoms with Crippen molar-refractivity contribution in [3.63, 3.8) is 0 Å². The van der Waals surface area contributed by atoms with Gasteiger partial charge in [0.15, 0.2) is 0 Å². The molecule has 1 aromatic carbocycles. The number of hydrogen-bond donors (Lipinski definition) is 2. The van der Waals surface area contributed by atoms with Crippen LogP contribution in [0.3, 0.4) is 0 Å². The first-order valence-electron chi connectivity index (χ1n) is 5.73. The second kappa shape index (κ2) is 5.69. The number of methoxy groups -OCH3 is 1. The Balaban J connectivity index is 2.69. The highest BCUT2D eigenvalue weighted by Gasteiger charge is 2.45. The summed E-state index contributed by atoms with van der Waals surface area (Å²) in [5.74, 6) is -0.0250. The Morgan fingerprint density at radius 2 is 2.10 bits per heavy atom. The SMILES string of the molecule is COC1=CC(c2ccccc2Br)=C(C=O)C(O)C1(O)Cl. The lowest BCUT2D eigenvalue weighted by atomic mass is 9.88. The number of hydrogen-bond acceptors (Lipinski definition) is 4. The van der Waals surface area contributed by atoms with Crippen LogP contribution in [0, 0.1) is 0 Å². The van der Waals surface area contributed by atoms with Crippen molar-refractivity contribution in [2.24, 2.45) is 0 Å². The molecule has 2 rings (SSSR count). The largest absolute Gasteiger partial charge is 0.497 e. The molecule has 2 unspecified atom stereocenters. The molecule has 1 aromatic rings. The van der Waals surface area contributed by atoms with Gasteiger partial charge >= 0.3 is 0 Å². The number of alkyl halides is 1. The number of rotatable bonds is 3. The maximum atomic E-state index is 11.3. The molecule has 1 aliphatic rings. The molecule has 2 N–H and O–H groups in total. The molecule has 0 spiro atoms. The van der Waals surface area contributed by atoms with Gasteiger partial charge in [-0.3, -0.25) is 4.79 Å². The Morgan fingerprint density at radius 1 is 1.45 bits per heavy atom. The fraction of sp³-hybridized carbons (Fsp3) is 0.214. The predicted octanol–water partition coefficient (Wildman–Crippen LogP) is 2.23. The van der Waals surface area contributed by atoms with Crippen LogP contribution in [-0.2, 0) is 9.53 Å². The number of aliphatic hydroxyl groups is 2. The Labute approximate surface area is 129 Å². The van der Waals surface area contributed by atoms with Gasteiger partial charge in [0.05, 0.1) is 7.11 Å². The van der Waals surface area contributed by atoms with Gasteiger partial charge in [0.2, 0.25) is 5.06 Å². The molecule has 106 valence electrons. The summed E-state index contributed by atoms with van der Waals surface area (Å²) in [6, 6.07) is 7.20. The van der Waals surface area contributed by atoms with Gasteiger partial charge in [-0.1, -0.05) is 45.7 Å². The zero-order valence-electron chi connectivity index (χ0n) is 10.5. The van der Waals surface area contributed by atoms with Crippen molar-refractivity contribution < 1.29 is 19.7 Å². The summed E-state index contributed by atoms with van der Waals surface area (Å²) < 4.78 is 5.76. The number of allylic oxidation sites excluding steroid dienone is 2. The average Bonchev–Trinajstić information content (AvgIpc) is 2.42. The molecule has 0 aromatic heterocycles. The summed E-state index contributed by atoms with van der Waals surface area (Å²) in [6.07, 6.45) is 0.350. The molecule has 0 radical (unpaired) electrons. The predicted molar refractivity (Wildman–Crippen MR) is 79.0 cm³/mol. The zero-order valence-corrected chi connectivity index (χ0v) is 12.9. The number of aliphatic hydroxyl groups excluding tert-OH is 1. The lowest BCUT2D eigenvalue weighted by molar-refractivity contribution is -0.107. The minimum absolute atomic E-state index is 0.00444. The van der Waals surface area contributed by atoms with Gasteiger partial charge in [-0.2, -0.15) is 0 Å². The molecule has 20 heavy (non-hydrogen) atoms. The number of carbonyl (C=O) groups is 1. The Bertz CT molecular complexity index is 607. The molecule has 0 saturated carbocycles. The molecule has 4 nitrogen and oxygen atoms in total. The van der Waals surface area contributed by atoms with Crippen molar-refractivity contribution in [1.82, 2.24) is 0 Å². The molecule has 6 heteroatoms. The Kier molecular flexibility index (Phi) is 4.34. The van der Waals surface area contributed by atoms with Crippen molar-refractivity contribution in [1.29, 1.82) is 0 Å². The standard InChI is InChI=1S/C14H12BrClO4/c1-20-12-6-9(8-4-2-3-5-11(8)15)10(7-17)13(18)14(12,16)19/h2-7,13,18-19H,1H3. The van der Waals surface area contributed by atoms with Crippen LogP contribution in [0.4, 0.5) is 0 Å². The number of ether oxygens (including phenoxy) is 1. The van der Waals surface area contributed by atoms with E-state index in [-0.39, 0.29) is 11.3 Å². The van der Waals surface area contributed by atoms with E-state index in [1.165, 1.54) is 13.2 Å². The molecule has 0 heterocycles. The fourth-order valence-corrected chi connectivity index (χ4v) is 2.79. The van der Waals surface area contributed by atoms with E-state index in [0.717, 1.165) is 4.47 Å². The first-order chi connectivity index (χ1) is 9.43. The minimum Gasteiger partial charge on any atom is -0.497 e. The number of aldehydes is 1. The summed E-state index contributed by atoms with van der Waals surface area (Å²) in [7, 11) is 1.33. The van der Waals surface area contributed by atoms with E-state index in [4.69, 9.17) is 16.3 Å². The highest BCUT2D eigenvalue weighted by molar-refractivity contribution is 9.10. The van der Waals surface area contributed by atoms with Crippen LogP contribution in [-0.4, -0.2) is 34.8 Å². The molecule has 0 bridgehead atoms. The van der Waals surface area contributed by atoms with Crippen LogP contribution in [0.15, 0.2) is 46.1 Å². The molecule has 0 amide bonds. The van der Waals surface area contributed by atoms with Crippen molar-refractivity contribution in [3.05, 3.63) is 51.7 Å². The average molecular weight is 360 g/mol. The highest BCUT2D eigenvalue weighted by atomic mass is 79.9. The minimum atomic E-state index is -2.16. The van der Waals surface area contributed by atoms with E-state index in [2.05, 4.69) is 15.9 Å². The van der Waals surface area contributed by atoms with Crippen molar-refractivity contribution >= 4 is 39.4 Å². The summed E-state index contributed by atoms with van der Waals surface area (Å²) in [4.78, 5) is 11.3. The maximum absolute atomic E-state index is 11.3. The fourth-order valence-electron chi connectivity index (χ4n) is 2.05. The summed E-state index contributed by atoms with van der Waals surface area (Å²) in [6.45, 7) is 0. The van der Waals surface area contributed by atoms with E-state index in [0.29, 0.717) is 17.4 Å². The van der Waals surface area contributed by atoms with Gasteiger partial charge in [-0.25, -0.2) is 0 Å². The summed E-state index contributed by atoms with van der Waals surface area (Å²) in [5.41, 5.74) is 1.13. The van der Waals surface area contributed by atoms with Gasteiger partial charge in [0, 0.05) is 10.0 Å². The quantitative estimate of drug-likeness (QED) is 0.641. The van der Waals surface area contributed by atoms with Crippen LogP contribution >= 0.6 is 27.5 Å². The van der Waals surface area contributed by atoms with Crippen LogP contribution in [0.2, 0.25) is 0 Å². The van der Waals surface area contributed by atoms with E-state index in [1.807, 2.05) is 6.07 Å². The zero-order chi connectivity index (χ0) is 14.9. The Morgan fingerprint density at radius 3 is 2.65 bits per heavy atom. The topological polar surface area (TPSA) is 66.8 Å². The molecule has 0 aliphatic heterocycles. The summed E-state index contributed by atoms with van der Waals surface area (Å²) in [5, 5.41) is 18.0. The third-order valence-electron chi connectivity index (χ3n) is 3.10. The number of benzene rings is 1. The normalized spacial score (nSPS) is 26.2. The van der Waals surface area contributed by atoms with E-state index >= 15 is 0 Å². The lowest BCUT2D eigenvalue weighted by Crippen LogP contribution is -2.43. The maximum Gasteiger partial charge on any atom is 0.226 e. The molecule has 0 saturated heterocycles. The van der Waals surface area contributed by atoms with Gasteiger partial charge in [-0.15, -0.1) is 0 Å². The molecule has 1 aliphatic carbocycles. The van der Waals surface area contributed by atoms with E-state index in [9.17, 15) is 15.0 Å². The lowest BCUT2D eigenvalue weighted by Gasteiger charge is -2.33. The van der Waals surface area contributed by atoms with Gasteiger partial charge in [0.25, 0.3) is 0 Å². The summed E-state index contributed by atoms with van der Waals surface area (Å²) >= 11 is 9.24. The highest BCUT2D eigenvalue weighted by Crippen LogP contribution is 2.40. The van der Waals surface area contributed by atoms with Crippen LogP contribution < -0.4 is 0 Å². The van der Waals surface area contributed by atoms with Crippen LogP contribution in [0.1, 0.15) is 5.56 Å². The monoisotopic (exact) mass is 358 g/mol. The van der Waals surface area contributed by atoms with Crippen molar-refractivity contribution in [3.8, 4) is 0 Å². The molecule has 2 atom stereocenters. The molecule has 0 fully saturated rings. The van der Waals surface area contributed by atoms with Crippen molar-refractivity contribution in [2.75, 3.05) is 7.11 Å². The van der Waals surface area contributed by atoms with Gasteiger partial charge in [0.1, 0.15) is 18.1 Å². The number of carbonyl (C=O) groups excluding carboxylic acids is 1. The molecular formula is C14H12BrClO4. The second-order valence-corrected chi connectivity index (χ2v) is 5.69.